The fourth-order valence-electron chi connectivity index (χ4n) is 2.93. The number of carbonyl (C=O) groups is 1. The quantitative estimate of drug-likeness (QED) is 0.905. The zero-order chi connectivity index (χ0) is 15.8. The van der Waals surface area contributed by atoms with Crippen LogP contribution in [0.4, 0.5) is 0 Å². The van der Waals surface area contributed by atoms with Crippen molar-refractivity contribution in [3.05, 3.63) is 65.9 Å². The zero-order valence-electron chi connectivity index (χ0n) is 12.7. The summed E-state index contributed by atoms with van der Waals surface area (Å²) >= 11 is 0. The number of nitrogens with zero attached hydrogens (tertiary/aromatic N) is 2. The van der Waals surface area contributed by atoms with Crippen LogP contribution in [-0.4, -0.2) is 22.4 Å². The Kier molecular flexibility index (Phi) is 3.15. The Labute approximate surface area is 133 Å². The van der Waals surface area contributed by atoms with Gasteiger partial charge in [0.15, 0.2) is 5.84 Å². The van der Waals surface area contributed by atoms with Gasteiger partial charge in [-0.15, -0.1) is 0 Å². The molecule has 4 heteroatoms. The van der Waals surface area contributed by atoms with Crippen LogP contribution in [0, 0.1) is 12.8 Å². The molecule has 4 nitrogen and oxygen atoms in total. The van der Waals surface area contributed by atoms with Gasteiger partial charge in [0.1, 0.15) is 5.92 Å². The van der Waals surface area contributed by atoms with Crippen LogP contribution < -0.4 is 0 Å². The lowest BCUT2D eigenvalue weighted by Crippen LogP contribution is -2.26. The summed E-state index contributed by atoms with van der Waals surface area (Å²) in [6.45, 7) is 2.03. The number of amidine groups is 1. The van der Waals surface area contributed by atoms with Crippen molar-refractivity contribution in [3.63, 3.8) is 0 Å². The number of para-hydroxylation sites is 1. The first-order valence-corrected chi connectivity index (χ1v) is 7.54. The maximum atomic E-state index is 12.1. The molecule has 2 aromatic rings. The lowest BCUT2D eigenvalue weighted by Gasteiger charge is -2.16. The third-order valence-electron chi connectivity index (χ3n) is 4.08. The molecule has 23 heavy (non-hydrogen) atoms. The van der Waals surface area contributed by atoms with Crippen molar-refractivity contribution in [1.29, 1.82) is 0 Å². The third-order valence-corrected chi connectivity index (χ3v) is 4.08. The molecule has 1 amide bonds. The number of carbonyl (C=O) groups excluding carboxylic acids is 1. The van der Waals surface area contributed by atoms with Crippen molar-refractivity contribution in [1.82, 2.24) is 4.98 Å². The van der Waals surface area contributed by atoms with E-state index in [1.807, 2.05) is 55.5 Å². The summed E-state index contributed by atoms with van der Waals surface area (Å²) in [7, 11) is 0. The second-order valence-corrected chi connectivity index (χ2v) is 5.61. The number of H-pyrrole nitrogens is 1. The molecule has 0 bridgehead atoms. The van der Waals surface area contributed by atoms with Crippen LogP contribution in [0.15, 0.2) is 64.6 Å². The van der Waals surface area contributed by atoms with Gasteiger partial charge in [-0.3, -0.25) is 4.79 Å². The highest BCUT2D eigenvalue weighted by molar-refractivity contribution is 6.23. The lowest BCUT2D eigenvalue weighted by atomic mass is 9.96. The average molecular weight is 301 g/mol. The van der Waals surface area contributed by atoms with Crippen molar-refractivity contribution >= 4 is 34.4 Å². The molecule has 0 spiro atoms. The molecule has 112 valence electrons. The molecule has 1 aromatic carbocycles. The molecule has 1 N–H and O–H groups in total. The number of rotatable bonds is 2. The Hall–Kier alpha value is -3.01. The van der Waals surface area contributed by atoms with Crippen molar-refractivity contribution in [3.8, 4) is 0 Å². The maximum absolute atomic E-state index is 12.1. The van der Waals surface area contributed by atoms with E-state index in [2.05, 4.69) is 21.0 Å². The average Bonchev–Trinajstić information content (AvgIpc) is 2.88. The maximum Gasteiger partial charge on any atom is 0.260 e. The topological polar surface area (TPSA) is 57.6 Å². The zero-order valence-corrected chi connectivity index (χ0v) is 12.7. The van der Waals surface area contributed by atoms with Crippen LogP contribution in [0.3, 0.4) is 0 Å². The Morgan fingerprint density at radius 2 is 2.00 bits per heavy atom. The van der Waals surface area contributed by atoms with Gasteiger partial charge in [-0.1, -0.05) is 36.4 Å². The predicted octanol–water partition coefficient (Wildman–Crippen LogP) is 3.61. The van der Waals surface area contributed by atoms with E-state index in [-0.39, 0.29) is 11.8 Å². The molecular weight excluding hydrogens is 286 g/mol. The first-order chi connectivity index (χ1) is 11.2. The summed E-state index contributed by atoms with van der Waals surface area (Å²) in [6, 6.07) is 8.14. The first-order valence-electron chi connectivity index (χ1n) is 7.54. The number of aliphatic imine (C=N–C) groups is 2. The van der Waals surface area contributed by atoms with Crippen molar-refractivity contribution in [2.45, 2.75) is 6.92 Å². The SMILES string of the molecule is Cc1[nH]c2ccccc2c1/C=C/C1=NC(=O)C2C=CC=CC2=N1. The molecule has 4 rings (SSSR count). The Morgan fingerprint density at radius 1 is 1.13 bits per heavy atom. The first kappa shape index (κ1) is 13.6. The number of hydrogen-bond donors (Lipinski definition) is 1. The minimum absolute atomic E-state index is 0.161. The van der Waals surface area contributed by atoms with Gasteiger partial charge in [0, 0.05) is 22.2 Å². The highest BCUT2D eigenvalue weighted by Crippen LogP contribution is 2.23. The molecule has 1 unspecified atom stereocenters. The van der Waals surface area contributed by atoms with Gasteiger partial charge >= 0.3 is 0 Å². The van der Waals surface area contributed by atoms with Crippen LogP contribution in [0.25, 0.3) is 17.0 Å². The number of hydrogen-bond acceptors (Lipinski definition) is 2. The van der Waals surface area contributed by atoms with Gasteiger partial charge in [-0.25, -0.2) is 4.99 Å². The third kappa shape index (κ3) is 2.38. The predicted molar refractivity (Wildman–Crippen MR) is 93.7 cm³/mol. The Bertz CT molecular complexity index is 954. The number of fused-ring (bicyclic) bond motifs is 2. The molecule has 2 aliphatic rings. The Morgan fingerprint density at radius 3 is 2.91 bits per heavy atom. The molecule has 0 saturated carbocycles. The molecule has 0 radical (unpaired) electrons. The summed E-state index contributed by atoms with van der Waals surface area (Å²) in [5.74, 6) is -0.0382. The second-order valence-electron chi connectivity index (χ2n) is 5.61. The van der Waals surface area contributed by atoms with Gasteiger partial charge in [-0.2, -0.15) is 4.99 Å². The summed E-state index contributed by atoms with van der Waals surface area (Å²) in [5.41, 5.74) is 4.02. The van der Waals surface area contributed by atoms with Crippen LogP contribution in [0.2, 0.25) is 0 Å². The van der Waals surface area contributed by atoms with E-state index >= 15 is 0 Å². The lowest BCUT2D eigenvalue weighted by molar-refractivity contribution is -0.118. The van der Waals surface area contributed by atoms with Gasteiger partial charge < -0.3 is 4.98 Å². The van der Waals surface area contributed by atoms with E-state index in [1.165, 1.54) is 0 Å². The fraction of sp³-hybridized carbons (Fsp3) is 0.105. The van der Waals surface area contributed by atoms with Crippen molar-refractivity contribution in [2.24, 2.45) is 15.9 Å². The van der Waals surface area contributed by atoms with Crippen LogP contribution in [-0.2, 0) is 4.79 Å². The highest BCUT2D eigenvalue weighted by Gasteiger charge is 2.25. The van der Waals surface area contributed by atoms with Crippen LogP contribution >= 0.6 is 0 Å². The standard InChI is InChI=1S/C19H15N3O/c1-12-13(14-6-2-4-8-16(14)20-12)10-11-18-21-17-9-5-3-7-15(17)19(23)22-18/h2-11,15,20H,1H3/b11-10+. The summed E-state index contributed by atoms with van der Waals surface area (Å²) < 4.78 is 0. The van der Waals surface area contributed by atoms with Gasteiger partial charge in [0.05, 0.1) is 5.71 Å². The minimum Gasteiger partial charge on any atom is -0.358 e. The van der Waals surface area contributed by atoms with Crippen LogP contribution in [0.5, 0.6) is 0 Å². The van der Waals surface area contributed by atoms with Gasteiger partial charge in [-0.05, 0) is 31.2 Å². The summed E-state index contributed by atoms with van der Waals surface area (Å²) in [4.78, 5) is 24.0. The molecular formula is C19H15N3O. The Balaban J connectivity index is 1.70. The normalized spacial score (nSPS) is 20.0. The molecule has 0 saturated heterocycles. The number of amides is 1. The van der Waals surface area contributed by atoms with Crippen molar-refractivity contribution < 1.29 is 4.79 Å². The minimum atomic E-state index is -0.327. The van der Waals surface area contributed by atoms with Gasteiger partial charge in [0.25, 0.3) is 5.91 Å². The van der Waals surface area contributed by atoms with E-state index in [9.17, 15) is 4.79 Å². The number of aromatic amines is 1. The van der Waals surface area contributed by atoms with E-state index in [4.69, 9.17) is 0 Å². The molecule has 2 heterocycles. The molecule has 1 aromatic heterocycles. The fourth-order valence-corrected chi connectivity index (χ4v) is 2.93. The number of nitrogens with one attached hydrogen (secondary N) is 1. The molecule has 1 atom stereocenters. The van der Waals surface area contributed by atoms with E-state index in [0.717, 1.165) is 27.9 Å². The van der Waals surface area contributed by atoms with E-state index < -0.39 is 0 Å². The number of benzene rings is 1. The van der Waals surface area contributed by atoms with Crippen LogP contribution in [0.1, 0.15) is 11.3 Å². The van der Waals surface area contributed by atoms with Gasteiger partial charge in [0.2, 0.25) is 0 Å². The monoisotopic (exact) mass is 301 g/mol. The summed E-state index contributed by atoms with van der Waals surface area (Å²) in [6.07, 6.45) is 11.2. The number of aromatic nitrogens is 1. The molecule has 1 aliphatic heterocycles. The number of allylic oxidation sites excluding steroid dienone is 3. The molecule has 0 fully saturated rings. The largest absolute Gasteiger partial charge is 0.358 e. The van der Waals surface area contributed by atoms with E-state index in [0.29, 0.717) is 5.84 Å². The second kappa shape index (κ2) is 5.32. The number of aryl methyl sites for hydroxylation is 1. The smallest absolute Gasteiger partial charge is 0.260 e. The summed E-state index contributed by atoms with van der Waals surface area (Å²) in [5, 5.41) is 1.15. The van der Waals surface area contributed by atoms with Crippen molar-refractivity contribution in [2.75, 3.05) is 0 Å². The molecule has 1 aliphatic carbocycles. The highest BCUT2D eigenvalue weighted by atomic mass is 16.1. The van der Waals surface area contributed by atoms with E-state index in [1.54, 1.807) is 6.08 Å².